The highest BCUT2D eigenvalue weighted by atomic mass is 35.5. The van der Waals surface area contributed by atoms with Crippen LogP contribution < -0.4 is 15.2 Å². The maximum absolute atomic E-state index is 12.6. The molecule has 1 saturated heterocycles. The molecular formula is C18H12Cl2N2O4. The number of carbonyl (C=O) groups is 3. The quantitative estimate of drug-likeness (QED) is 0.377. The average molecular weight is 391 g/mol. The van der Waals surface area contributed by atoms with Gasteiger partial charge in [-0.05, 0) is 42.0 Å². The zero-order valence-corrected chi connectivity index (χ0v) is 15.0. The molecule has 26 heavy (non-hydrogen) atoms. The molecule has 0 bridgehead atoms. The summed E-state index contributed by atoms with van der Waals surface area (Å²) in [6.07, 6.45) is 1.41. The van der Waals surface area contributed by atoms with Crippen LogP contribution in [0.25, 0.3) is 6.08 Å². The smallest absolute Gasteiger partial charge is 0.308 e. The fourth-order valence-electron chi connectivity index (χ4n) is 2.41. The minimum Gasteiger partial charge on any atom is -0.427 e. The van der Waals surface area contributed by atoms with Crippen molar-refractivity contribution in [3.8, 4) is 5.75 Å². The van der Waals surface area contributed by atoms with E-state index >= 15 is 0 Å². The zero-order chi connectivity index (χ0) is 18.8. The van der Waals surface area contributed by atoms with Crippen molar-refractivity contribution in [2.24, 2.45) is 0 Å². The van der Waals surface area contributed by atoms with E-state index in [4.69, 9.17) is 27.9 Å². The van der Waals surface area contributed by atoms with Crippen LogP contribution in [-0.2, 0) is 14.4 Å². The highest BCUT2D eigenvalue weighted by molar-refractivity contribution is 6.36. The van der Waals surface area contributed by atoms with E-state index in [0.717, 1.165) is 5.01 Å². The van der Waals surface area contributed by atoms with E-state index in [2.05, 4.69) is 5.43 Å². The number of anilines is 1. The first-order chi connectivity index (χ1) is 12.3. The van der Waals surface area contributed by atoms with E-state index in [1.165, 1.54) is 31.2 Å². The van der Waals surface area contributed by atoms with E-state index < -0.39 is 17.8 Å². The summed E-state index contributed by atoms with van der Waals surface area (Å²) in [4.78, 5) is 35.9. The number of hydrogen-bond acceptors (Lipinski definition) is 4. The summed E-state index contributed by atoms with van der Waals surface area (Å²) in [6.45, 7) is 1.28. The second-order valence-electron chi connectivity index (χ2n) is 5.43. The molecule has 1 heterocycles. The summed E-state index contributed by atoms with van der Waals surface area (Å²) < 4.78 is 5.00. The Balaban J connectivity index is 1.92. The molecule has 6 nitrogen and oxygen atoms in total. The third-order valence-electron chi connectivity index (χ3n) is 3.43. The lowest BCUT2D eigenvalue weighted by Gasteiger charge is -2.15. The van der Waals surface area contributed by atoms with Gasteiger partial charge in [0.25, 0.3) is 11.8 Å². The van der Waals surface area contributed by atoms with Gasteiger partial charge in [-0.25, -0.2) is 5.01 Å². The number of halogens is 2. The van der Waals surface area contributed by atoms with Crippen LogP contribution in [-0.4, -0.2) is 17.8 Å². The van der Waals surface area contributed by atoms with E-state index in [1.807, 2.05) is 0 Å². The summed E-state index contributed by atoms with van der Waals surface area (Å²) >= 11 is 11.9. The molecule has 1 aliphatic heterocycles. The van der Waals surface area contributed by atoms with Crippen LogP contribution in [0.1, 0.15) is 12.5 Å². The first kappa shape index (κ1) is 18.0. The number of carbonyl (C=O) groups excluding carboxylic acids is 3. The van der Waals surface area contributed by atoms with Gasteiger partial charge in [-0.2, -0.15) is 0 Å². The molecule has 2 amide bonds. The van der Waals surface area contributed by atoms with Gasteiger partial charge in [0.05, 0.1) is 5.69 Å². The Hall–Kier alpha value is -2.83. The summed E-state index contributed by atoms with van der Waals surface area (Å²) in [5.74, 6) is -1.26. The van der Waals surface area contributed by atoms with Crippen molar-refractivity contribution in [1.29, 1.82) is 0 Å². The first-order valence-corrected chi connectivity index (χ1v) is 8.21. The van der Waals surface area contributed by atoms with E-state index in [9.17, 15) is 14.4 Å². The van der Waals surface area contributed by atoms with Gasteiger partial charge in [0, 0.05) is 17.0 Å². The summed E-state index contributed by atoms with van der Waals surface area (Å²) in [6, 6.07) is 11.0. The molecule has 2 aromatic rings. The number of amides is 2. The predicted octanol–water partition coefficient (Wildman–Crippen LogP) is 3.38. The Bertz CT molecular complexity index is 936. The number of nitrogens with zero attached hydrogens (tertiary/aromatic N) is 1. The minimum atomic E-state index is -0.566. The van der Waals surface area contributed by atoms with Crippen molar-refractivity contribution in [3.05, 3.63) is 63.6 Å². The third-order valence-corrected chi connectivity index (χ3v) is 3.86. The van der Waals surface area contributed by atoms with Gasteiger partial charge in [0.15, 0.2) is 0 Å². The number of esters is 1. The molecule has 1 N–H and O–H groups in total. The molecule has 0 saturated carbocycles. The Morgan fingerprint density at radius 1 is 1.12 bits per heavy atom. The van der Waals surface area contributed by atoms with Crippen LogP contribution >= 0.6 is 23.2 Å². The molecule has 0 unspecified atom stereocenters. The lowest BCUT2D eigenvalue weighted by atomic mass is 10.1. The second-order valence-corrected chi connectivity index (χ2v) is 6.31. The molecule has 0 aromatic heterocycles. The number of rotatable bonds is 3. The lowest BCUT2D eigenvalue weighted by molar-refractivity contribution is -0.132. The number of nitrogens with one attached hydrogen (secondary N) is 1. The largest absolute Gasteiger partial charge is 0.427 e. The Kier molecular flexibility index (Phi) is 4.97. The van der Waals surface area contributed by atoms with Crippen molar-refractivity contribution in [2.75, 3.05) is 5.01 Å². The van der Waals surface area contributed by atoms with Gasteiger partial charge in [-0.15, -0.1) is 0 Å². The fourth-order valence-corrected chi connectivity index (χ4v) is 2.92. The Labute approximate surface area is 158 Å². The van der Waals surface area contributed by atoms with Crippen molar-refractivity contribution in [2.45, 2.75) is 6.92 Å². The van der Waals surface area contributed by atoms with Crippen LogP contribution in [0.15, 0.2) is 48.0 Å². The van der Waals surface area contributed by atoms with Crippen molar-refractivity contribution < 1.29 is 19.1 Å². The van der Waals surface area contributed by atoms with Crippen LogP contribution in [0.3, 0.4) is 0 Å². The normalized spacial score (nSPS) is 15.3. The molecular weight excluding hydrogens is 379 g/mol. The SMILES string of the molecule is CC(=O)Oc1cccc(/C=C2/C(=O)NN(c3cc(Cl)cc(Cl)c3)C2=O)c1. The maximum Gasteiger partial charge on any atom is 0.308 e. The van der Waals surface area contributed by atoms with Crippen LogP contribution in [0, 0.1) is 0 Å². The van der Waals surface area contributed by atoms with Crippen molar-refractivity contribution in [3.63, 3.8) is 0 Å². The Morgan fingerprint density at radius 2 is 1.81 bits per heavy atom. The van der Waals surface area contributed by atoms with Gasteiger partial charge in [0.2, 0.25) is 0 Å². The van der Waals surface area contributed by atoms with Crippen LogP contribution in [0.4, 0.5) is 5.69 Å². The number of benzene rings is 2. The van der Waals surface area contributed by atoms with E-state index in [0.29, 0.717) is 27.0 Å². The zero-order valence-electron chi connectivity index (χ0n) is 13.5. The Morgan fingerprint density at radius 3 is 2.46 bits per heavy atom. The third kappa shape index (κ3) is 3.87. The summed E-state index contributed by atoms with van der Waals surface area (Å²) in [7, 11) is 0. The van der Waals surface area contributed by atoms with E-state index in [-0.39, 0.29) is 5.57 Å². The first-order valence-electron chi connectivity index (χ1n) is 7.45. The topological polar surface area (TPSA) is 75.7 Å². The molecule has 132 valence electrons. The van der Waals surface area contributed by atoms with Crippen molar-refractivity contribution in [1.82, 2.24) is 5.43 Å². The molecule has 1 fully saturated rings. The highest BCUT2D eigenvalue weighted by Gasteiger charge is 2.34. The van der Waals surface area contributed by atoms with E-state index in [1.54, 1.807) is 24.3 Å². The molecule has 0 atom stereocenters. The van der Waals surface area contributed by atoms with Gasteiger partial charge >= 0.3 is 5.97 Å². The standard InChI is InChI=1S/C18H12Cl2N2O4/c1-10(23)26-15-4-2-3-11(5-15)6-16-17(24)21-22(18(16)25)14-8-12(19)7-13(20)9-14/h2-9H,1H3,(H,21,24)/b16-6-. The second kappa shape index (κ2) is 7.19. The molecule has 1 aliphatic rings. The van der Waals surface area contributed by atoms with Gasteiger partial charge < -0.3 is 4.74 Å². The molecule has 0 radical (unpaired) electrons. The van der Waals surface area contributed by atoms with Crippen LogP contribution in [0.2, 0.25) is 10.0 Å². The predicted molar refractivity (Wildman–Crippen MR) is 97.8 cm³/mol. The molecule has 0 spiro atoms. The highest BCUT2D eigenvalue weighted by Crippen LogP contribution is 2.28. The molecule has 0 aliphatic carbocycles. The molecule has 3 rings (SSSR count). The van der Waals surface area contributed by atoms with Crippen LogP contribution in [0.5, 0.6) is 5.75 Å². The summed E-state index contributed by atoms with van der Waals surface area (Å²) in [5.41, 5.74) is 3.28. The monoisotopic (exact) mass is 390 g/mol. The maximum atomic E-state index is 12.6. The number of hydrogen-bond donors (Lipinski definition) is 1. The van der Waals surface area contributed by atoms with Gasteiger partial charge in [-0.3, -0.25) is 19.8 Å². The average Bonchev–Trinajstić information content (AvgIpc) is 2.82. The molecule has 8 heteroatoms. The number of ether oxygens (including phenoxy) is 1. The fraction of sp³-hybridized carbons (Fsp3) is 0.0556. The number of hydrazine groups is 1. The van der Waals surface area contributed by atoms with Gasteiger partial charge in [-0.1, -0.05) is 35.3 Å². The van der Waals surface area contributed by atoms with Crippen molar-refractivity contribution >= 4 is 52.7 Å². The summed E-state index contributed by atoms with van der Waals surface area (Å²) in [5, 5.41) is 1.74. The lowest BCUT2D eigenvalue weighted by Crippen LogP contribution is -2.35. The molecule has 2 aromatic carbocycles. The van der Waals surface area contributed by atoms with Gasteiger partial charge in [0.1, 0.15) is 11.3 Å². The minimum absolute atomic E-state index is 0.0685.